The molecule has 1 saturated carbocycles. The summed E-state index contributed by atoms with van der Waals surface area (Å²) in [6, 6.07) is 8.49. The summed E-state index contributed by atoms with van der Waals surface area (Å²) in [4.78, 5) is 25.3. The van der Waals surface area contributed by atoms with Crippen LogP contribution in [0.3, 0.4) is 0 Å². The SMILES string of the molecule is CC1=CC(=O)[C@@]2(OC(=O)c3ccccc3)O[C@H]3CCCC[C@@H]3O[C@@H]2O1. The van der Waals surface area contributed by atoms with Gasteiger partial charge in [0, 0.05) is 6.08 Å². The zero-order valence-corrected chi connectivity index (χ0v) is 14.0. The highest BCUT2D eigenvalue weighted by molar-refractivity contribution is 6.00. The molecule has 2 heterocycles. The van der Waals surface area contributed by atoms with Crippen LogP contribution in [0.5, 0.6) is 0 Å². The fraction of sp³-hybridized carbons (Fsp3) is 0.474. The molecule has 0 aromatic heterocycles. The summed E-state index contributed by atoms with van der Waals surface area (Å²) in [7, 11) is 0. The van der Waals surface area contributed by atoms with Crippen LogP contribution < -0.4 is 0 Å². The molecule has 0 radical (unpaired) electrons. The number of carbonyl (C=O) groups is 2. The molecule has 25 heavy (non-hydrogen) atoms. The molecule has 6 heteroatoms. The number of carbonyl (C=O) groups excluding carboxylic acids is 2. The third-order valence-corrected chi connectivity index (χ3v) is 4.80. The number of allylic oxidation sites excluding steroid dienone is 1. The van der Waals surface area contributed by atoms with Crippen molar-refractivity contribution in [3.63, 3.8) is 0 Å². The average molecular weight is 344 g/mol. The first kappa shape index (κ1) is 16.3. The van der Waals surface area contributed by atoms with Crippen molar-refractivity contribution in [2.75, 3.05) is 0 Å². The zero-order chi connectivity index (χ0) is 17.4. The smallest absolute Gasteiger partial charge is 0.341 e. The third kappa shape index (κ3) is 2.85. The van der Waals surface area contributed by atoms with E-state index in [2.05, 4.69) is 0 Å². The van der Waals surface area contributed by atoms with Gasteiger partial charge in [-0.05, 0) is 31.9 Å². The van der Waals surface area contributed by atoms with Crippen molar-refractivity contribution in [1.82, 2.24) is 0 Å². The highest BCUT2D eigenvalue weighted by atomic mass is 16.8. The molecule has 0 spiro atoms. The molecule has 6 nitrogen and oxygen atoms in total. The number of fused-ring (bicyclic) bond motifs is 2. The summed E-state index contributed by atoms with van der Waals surface area (Å²) in [6.45, 7) is 1.66. The molecule has 1 aromatic carbocycles. The Morgan fingerprint density at radius 3 is 2.64 bits per heavy atom. The Kier molecular flexibility index (Phi) is 4.09. The van der Waals surface area contributed by atoms with E-state index in [1.165, 1.54) is 6.08 Å². The number of ether oxygens (including phenoxy) is 4. The normalized spacial score (nSPS) is 34.2. The molecule has 0 bridgehead atoms. The van der Waals surface area contributed by atoms with Crippen LogP contribution in [0.1, 0.15) is 43.0 Å². The predicted octanol–water partition coefficient (Wildman–Crippen LogP) is 2.73. The van der Waals surface area contributed by atoms with E-state index in [4.69, 9.17) is 18.9 Å². The third-order valence-electron chi connectivity index (χ3n) is 4.80. The highest BCUT2D eigenvalue weighted by Crippen LogP contribution is 2.41. The van der Waals surface area contributed by atoms with Crippen LogP contribution in [-0.4, -0.2) is 36.0 Å². The standard InChI is InChI=1S/C19H20O6/c1-12-11-16(20)19(25-17(21)13-7-3-2-4-8-13)18(22-12)23-14-9-5-6-10-15(14)24-19/h2-4,7-8,11,14-15,18H,5-6,9-10H2,1H3/t14-,15-,18-,19-/m0/s1. The van der Waals surface area contributed by atoms with Crippen LogP contribution >= 0.6 is 0 Å². The largest absolute Gasteiger partial charge is 0.462 e. The van der Waals surface area contributed by atoms with E-state index in [1.54, 1.807) is 37.3 Å². The molecule has 0 amide bonds. The number of hydrogen-bond donors (Lipinski definition) is 0. The fourth-order valence-corrected chi connectivity index (χ4v) is 3.54. The Hall–Kier alpha value is -2.18. The summed E-state index contributed by atoms with van der Waals surface area (Å²) in [5.41, 5.74) is 0.337. The maximum Gasteiger partial charge on any atom is 0.341 e. The van der Waals surface area contributed by atoms with Crippen molar-refractivity contribution in [3.05, 3.63) is 47.7 Å². The van der Waals surface area contributed by atoms with E-state index in [1.807, 2.05) is 0 Å². The second-order valence-electron chi connectivity index (χ2n) is 6.61. The molecule has 2 aliphatic heterocycles. The summed E-state index contributed by atoms with van der Waals surface area (Å²) in [5.74, 6) is -2.58. The Labute approximate surface area is 145 Å². The average Bonchev–Trinajstić information content (AvgIpc) is 2.62. The molecule has 1 saturated heterocycles. The minimum absolute atomic E-state index is 0.152. The van der Waals surface area contributed by atoms with E-state index in [9.17, 15) is 9.59 Å². The Morgan fingerprint density at radius 2 is 1.88 bits per heavy atom. The first-order chi connectivity index (χ1) is 12.1. The monoisotopic (exact) mass is 344 g/mol. The van der Waals surface area contributed by atoms with Crippen molar-refractivity contribution in [3.8, 4) is 0 Å². The molecule has 0 N–H and O–H groups in total. The van der Waals surface area contributed by atoms with Crippen LogP contribution in [0.25, 0.3) is 0 Å². The quantitative estimate of drug-likeness (QED) is 0.768. The first-order valence-electron chi connectivity index (χ1n) is 8.59. The number of ketones is 1. The lowest BCUT2D eigenvalue weighted by molar-refractivity contribution is -0.383. The lowest BCUT2D eigenvalue weighted by Gasteiger charge is -2.49. The fourth-order valence-electron chi connectivity index (χ4n) is 3.54. The Bertz CT molecular complexity index is 712. The van der Waals surface area contributed by atoms with Gasteiger partial charge < -0.3 is 18.9 Å². The van der Waals surface area contributed by atoms with Crippen LogP contribution in [-0.2, 0) is 23.7 Å². The van der Waals surface area contributed by atoms with Crippen molar-refractivity contribution in [2.24, 2.45) is 0 Å². The van der Waals surface area contributed by atoms with Crippen molar-refractivity contribution >= 4 is 11.8 Å². The summed E-state index contributed by atoms with van der Waals surface area (Å²) in [5, 5.41) is 0. The second kappa shape index (κ2) is 6.28. The lowest BCUT2D eigenvalue weighted by Crippen LogP contribution is -2.66. The molecule has 4 rings (SSSR count). The Balaban J connectivity index is 1.66. The van der Waals surface area contributed by atoms with Crippen LogP contribution in [0.2, 0.25) is 0 Å². The van der Waals surface area contributed by atoms with Crippen molar-refractivity contribution in [1.29, 1.82) is 0 Å². The van der Waals surface area contributed by atoms with Gasteiger partial charge in [0.25, 0.3) is 6.29 Å². The maximum atomic E-state index is 12.8. The molecule has 132 valence electrons. The van der Waals surface area contributed by atoms with E-state index < -0.39 is 23.8 Å². The van der Waals surface area contributed by atoms with Crippen molar-refractivity contribution in [2.45, 2.75) is 56.9 Å². The predicted molar refractivity (Wildman–Crippen MR) is 86.4 cm³/mol. The van der Waals surface area contributed by atoms with Gasteiger partial charge in [-0.3, -0.25) is 4.79 Å². The second-order valence-corrected chi connectivity index (χ2v) is 6.61. The topological polar surface area (TPSA) is 71.1 Å². The van der Waals surface area contributed by atoms with Gasteiger partial charge in [0.15, 0.2) is 0 Å². The van der Waals surface area contributed by atoms with Crippen LogP contribution in [0.15, 0.2) is 42.2 Å². The molecule has 1 aromatic rings. The van der Waals surface area contributed by atoms with Crippen LogP contribution in [0, 0.1) is 0 Å². The van der Waals surface area contributed by atoms with Gasteiger partial charge in [0.2, 0.25) is 5.78 Å². The maximum absolute atomic E-state index is 12.8. The molecule has 2 fully saturated rings. The number of esters is 1. The Morgan fingerprint density at radius 1 is 1.16 bits per heavy atom. The summed E-state index contributed by atoms with van der Waals surface area (Å²) < 4.78 is 23.3. The molecular formula is C19H20O6. The lowest BCUT2D eigenvalue weighted by atomic mass is 9.92. The molecule has 0 unspecified atom stereocenters. The van der Waals surface area contributed by atoms with Gasteiger partial charge in [-0.1, -0.05) is 31.0 Å². The van der Waals surface area contributed by atoms with E-state index in [0.29, 0.717) is 11.3 Å². The summed E-state index contributed by atoms with van der Waals surface area (Å²) in [6.07, 6.45) is 3.40. The minimum Gasteiger partial charge on any atom is -0.462 e. The summed E-state index contributed by atoms with van der Waals surface area (Å²) >= 11 is 0. The van der Waals surface area contributed by atoms with Gasteiger partial charge in [-0.2, -0.15) is 0 Å². The highest BCUT2D eigenvalue weighted by Gasteiger charge is 2.61. The van der Waals surface area contributed by atoms with Gasteiger partial charge in [0.05, 0.1) is 17.8 Å². The van der Waals surface area contributed by atoms with Gasteiger partial charge in [0.1, 0.15) is 5.76 Å². The number of benzene rings is 1. The minimum atomic E-state index is -1.88. The molecular weight excluding hydrogens is 324 g/mol. The molecule has 3 aliphatic rings. The number of rotatable bonds is 2. The first-order valence-corrected chi connectivity index (χ1v) is 8.59. The van der Waals surface area contributed by atoms with Crippen molar-refractivity contribution < 1.29 is 28.5 Å². The van der Waals surface area contributed by atoms with E-state index in [-0.39, 0.29) is 12.2 Å². The van der Waals surface area contributed by atoms with Gasteiger partial charge >= 0.3 is 11.8 Å². The van der Waals surface area contributed by atoms with Crippen LogP contribution in [0.4, 0.5) is 0 Å². The van der Waals surface area contributed by atoms with Gasteiger partial charge in [-0.15, -0.1) is 0 Å². The molecule has 4 atom stereocenters. The number of hydrogen-bond acceptors (Lipinski definition) is 6. The molecule has 1 aliphatic carbocycles. The zero-order valence-electron chi connectivity index (χ0n) is 14.0. The van der Waals surface area contributed by atoms with Gasteiger partial charge in [-0.25, -0.2) is 4.79 Å². The van der Waals surface area contributed by atoms with E-state index >= 15 is 0 Å². The van der Waals surface area contributed by atoms with E-state index in [0.717, 1.165) is 25.7 Å².